The van der Waals surface area contributed by atoms with E-state index < -0.39 is 0 Å². The van der Waals surface area contributed by atoms with Gasteiger partial charge in [0.05, 0.1) is 6.61 Å². The molecule has 9 nitrogen and oxygen atoms in total. The molecule has 1 fully saturated rings. The van der Waals surface area contributed by atoms with E-state index in [1.54, 1.807) is 28.9 Å². The highest BCUT2D eigenvalue weighted by Crippen LogP contribution is 2.19. The Labute approximate surface area is 170 Å². The smallest absolute Gasteiger partial charge is 0.409 e. The summed E-state index contributed by atoms with van der Waals surface area (Å²) < 4.78 is 4.99. The Kier molecular flexibility index (Phi) is 6.48. The summed E-state index contributed by atoms with van der Waals surface area (Å²) in [5.41, 5.74) is 2.27. The molecule has 0 radical (unpaired) electrons. The van der Waals surface area contributed by atoms with E-state index in [-0.39, 0.29) is 17.7 Å². The molecule has 0 unspecified atom stereocenters. The molecule has 0 saturated carbocycles. The molecule has 29 heavy (non-hydrogen) atoms. The van der Waals surface area contributed by atoms with Gasteiger partial charge in [0.25, 0.3) is 5.91 Å². The second-order valence-corrected chi connectivity index (χ2v) is 6.85. The minimum Gasteiger partial charge on any atom is -0.450 e. The van der Waals surface area contributed by atoms with Crippen LogP contribution in [0.4, 0.5) is 22.0 Å². The lowest BCUT2D eigenvalue weighted by molar-refractivity contribution is 0.0565. The molecule has 1 aliphatic rings. The molecule has 0 bridgehead atoms. The van der Waals surface area contributed by atoms with Gasteiger partial charge in [-0.1, -0.05) is 0 Å². The highest BCUT2D eigenvalue weighted by molar-refractivity contribution is 5.92. The van der Waals surface area contributed by atoms with Crippen LogP contribution < -0.4 is 10.2 Å². The third-order valence-corrected chi connectivity index (χ3v) is 4.63. The minimum atomic E-state index is -0.339. The van der Waals surface area contributed by atoms with Gasteiger partial charge in [0.1, 0.15) is 0 Å². The second kappa shape index (κ2) is 9.22. The summed E-state index contributed by atoms with van der Waals surface area (Å²) in [4.78, 5) is 29.7. The summed E-state index contributed by atoms with van der Waals surface area (Å²) in [6.45, 7) is 3.89. The van der Waals surface area contributed by atoms with Crippen LogP contribution >= 0.6 is 0 Å². The van der Waals surface area contributed by atoms with Crippen LogP contribution in [0.3, 0.4) is 0 Å². The van der Waals surface area contributed by atoms with Crippen LogP contribution in [0.1, 0.15) is 17.4 Å². The number of anilines is 3. The molecule has 1 N–H and O–H groups in total. The highest BCUT2D eigenvalue weighted by Gasteiger charge is 2.26. The number of aromatic nitrogens is 2. The second-order valence-electron chi connectivity index (χ2n) is 6.85. The van der Waals surface area contributed by atoms with Gasteiger partial charge in [-0.15, -0.1) is 10.2 Å². The number of rotatable bonds is 5. The Balaban J connectivity index is 1.56. The average Bonchev–Trinajstić information content (AvgIpc) is 2.74. The lowest BCUT2D eigenvalue weighted by atomic mass is 10.2. The Hall–Kier alpha value is -3.36. The van der Waals surface area contributed by atoms with Gasteiger partial charge in [0.15, 0.2) is 11.5 Å². The van der Waals surface area contributed by atoms with E-state index in [1.807, 2.05) is 43.3 Å². The lowest BCUT2D eigenvalue weighted by Crippen LogP contribution is -2.50. The maximum absolute atomic E-state index is 12.6. The number of piperazine rings is 1. The van der Waals surface area contributed by atoms with E-state index in [1.165, 1.54) is 0 Å². The van der Waals surface area contributed by atoms with Crippen molar-refractivity contribution < 1.29 is 14.3 Å². The predicted molar refractivity (Wildman–Crippen MR) is 111 cm³/mol. The van der Waals surface area contributed by atoms with Crippen LogP contribution in [-0.4, -0.2) is 78.9 Å². The van der Waals surface area contributed by atoms with Crippen molar-refractivity contribution in [1.29, 1.82) is 0 Å². The van der Waals surface area contributed by atoms with E-state index >= 15 is 0 Å². The van der Waals surface area contributed by atoms with Crippen molar-refractivity contribution >= 4 is 29.2 Å². The van der Waals surface area contributed by atoms with Gasteiger partial charge in [0, 0.05) is 51.6 Å². The summed E-state index contributed by atoms with van der Waals surface area (Å²) in [5.74, 6) is 0.370. The lowest BCUT2D eigenvalue weighted by Gasteiger charge is -2.33. The van der Waals surface area contributed by atoms with Crippen LogP contribution in [0, 0.1) is 0 Å². The Bertz CT molecular complexity index is 830. The van der Waals surface area contributed by atoms with Crippen molar-refractivity contribution in [2.45, 2.75) is 6.92 Å². The number of hydrogen-bond acceptors (Lipinski definition) is 7. The molecule has 1 aliphatic heterocycles. The van der Waals surface area contributed by atoms with Gasteiger partial charge in [-0.25, -0.2) is 4.79 Å². The zero-order chi connectivity index (χ0) is 20.8. The van der Waals surface area contributed by atoms with Gasteiger partial charge in [-0.2, -0.15) is 0 Å². The van der Waals surface area contributed by atoms with Gasteiger partial charge >= 0.3 is 6.09 Å². The number of hydrogen-bond donors (Lipinski definition) is 1. The first-order chi connectivity index (χ1) is 14.0. The van der Waals surface area contributed by atoms with E-state index in [0.29, 0.717) is 38.6 Å². The van der Waals surface area contributed by atoms with Crippen molar-refractivity contribution in [3.63, 3.8) is 0 Å². The number of amides is 2. The third kappa shape index (κ3) is 5.13. The van der Waals surface area contributed by atoms with Crippen molar-refractivity contribution in [3.8, 4) is 0 Å². The molecule has 9 heteroatoms. The first kappa shape index (κ1) is 20.4. The normalized spacial score (nSPS) is 13.8. The largest absolute Gasteiger partial charge is 0.450 e. The number of carbonyl (C=O) groups excluding carboxylic acids is 2. The molecule has 3 rings (SSSR count). The number of carbonyl (C=O) groups is 2. The van der Waals surface area contributed by atoms with Crippen LogP contribution in [0.15, 0.2) is 36.4 Å². The molecular weight excluding hydrogens is 372 g/mol. The maximum Gasteiger partial charge on any atom is 0.409 e. The SMILES string of the molecule is CCOC(=O)N1CCN(C(=O)c2ccc(Nc3ccc(N(C)C)cc3)nn2)CC1. The van der Waals surface area contributed by atoms with Gasteiger partial charge in [-0.05, 0) is 43.3 Å². The van der Waals surface area contributed by atoms with E-state index in [0.717, 1.165) is 11.4 Å². The summed E-state index contributed by atoms with van der Waals surface area (Å²) in [6, 6.07) is 11.3. The maximum atomic E-state index is 12.6. The number of benzene rings is 1. The number of nitrogens with zero attached hydrogens (tertiary/aromatic N) is 5. The molecule has 1 aromatic heterocycles. The van der Waals surface area contributed by atoms with Crippen LogP contribution in [0.2, 0.25) is 0 Å². The van der Waals surface area contributed by atoms with Gasteiger partial charge in [0.2, 0.25) is 0 Å². The van der Waals surface area contributed by atoms with Crippen LogP contribution in [-0.2, 0) is 4.74 Å². The number of ether oxygens (including phenoxy) is 1. The molecule has 2 heterocycles. The van der Waals surface area contributed by atoms with Crippen molar-refractivity contribution in [2.24, 2.45) is 0 Å². The monoisotopic (exact) mass is 398 g/mol. The molecule has 0 atom stereocenters. The minimum absolute atomic E-state index is 0.192. The fraction of sp³-hybridized carbons (Fsp3) is 0.400. The summed E-state index contributed by atoms with van der Waals surface area (Å²) in [5, 5.41) is 11.3. The molecule has 0 aliphatic carbocycles. The molecule has 0 spiro atoms. The molecule has 154 valence electrons. The summed E-state index contributed by atoms with van der Waals surface area (Å²) in [7, 11) is 3.97. The molecule has 1 saturated heterocycles. The predicted octanol–water partition coefficient (Wildman–Crippen LogP) is 2.20. The molecular formula is C20H26N6O3. The Morgan fingerprint density at radius 1 is 1.00 bits per heavy atom. The third-order valence-electron chi connectivity index (χ3n) is 4.63. The van der Waals surface area contributed by atoms with Crippen LogP contribution in [0.25, 0.3) is 0 Å². The topological polar surface area (TPSA) is 90.9 Å². The van der Waals surface area contributed by atoms with E-state index in [2.05, 4.69) is 15.5 Å². The fourth-order valence-electron chi connectivity index (χ4n) is 2.97. The summed E-state index contributed by atoms with van der Waals surface area (Å²) in [6.07, 6.45) is -0.339. The Morgan fingerprint density at radius 3 is 2.21 bits per heavy atom. The first-order valence-corrected chi connectivity index (χ1v) is 9.57. The van der Waals surface area contributed by atoms with Crippen molar-refractivity contribution in [1.82, 2.24) is 20.0 Å². The highest BCUT2D eigenvalue weighted by atomic mass is 16.6. The summed E-state index contributed by atoms with van der Waals surface area (Å²) >= 11 is 0. The fourth-order valence-corrected chi connectivity index (χ4v) is 2.97. The van der Waals surface area contributed by atoms with Crippen molar-refractivity contribution in [2.75, 3.05) is 57.1 Å². The molecule has 1 aromatic carbocycles. The average molecular weight is 398 g/mol. The molecule has 2 amide bonds. The molecule has 2 aromatic rings. The van der Waals surface area contributed by atoms with Crippen molar-refractivity contribution in [3.05, 3.63) is 42.1 Å². The van der Waals surface area contributed by atoms with E-state index in [9.17, 15) is 9.59 Å². The van der Waals surface area contributed by atoms with Gasteiger partial charge in [-0.3, -0.25) is 4.79 Å². The zero-order valence-electron chi connectivity index (χ0n) is 17.0. The van der Waals surface area contributed by atoms with Gasteiger partial charge < -0.3 is 24.8 Å². The van der Waals surface area contributed by atoms with E-state index in [4.69, 9.17) is 4.74 Å². The quantitative estimate of drug-likeness (QED) is 0.826. The first-order valence-electron chi connectivity index (χ1n) is 9.57. The van der Waals surface area contributed by atoms with Crippen LogP contribution in [0.5, 0.6) is 0 Å². The number of nitrogens with one attached hydrogen (secondary N) is 1. The Morgan fingerprint density at radius 2 is 1.66 bits per heavy atom. The zero-order valence-corrected chi connectivity index (χ0v) is 17.0. The standard InChI is InChI=1S/C20H26N6O3/c1-4-29-20(28)26-13-11-25(12-14-26)19(27)17-9-10-18(23-22-17)21-15-5-7-16(8-6-15)24(2)3/h5-10H,4,11-14H2,1-3H3,(H,21,23).